The maximum atomic E-state index is 13.4. The lowest BCUT2D eigenvalue weighted by atomic mass is 9.95. The second-order valence-corrected chi connectivity index (χ2v) is 7.92. The number of hydrogen-bond acceptors (Lipinski definition) is 5. The van der Waals surface area contributed by atoms with E-state index in [1.54, 1.807) is 11.0 Å². The average molecular weight is 446 g/mol. The Bertz CT molecular complexity index is 1220. The fraction of sp³-hybridized carbons (Fsp3) is 0.364. The van der Waals surface area contributed by atoms with E-state index in [1.165, 1.54) is 6.07 Å². The molecule has 2 aromatic heterocycles. The van der Waals surface area contributed by atoms with Gasteiger partial charge in [0.2, 0.25) is 0 Å². The molecule has 4 heterocycles. The van der Waals surface area contributed by atoms with Crippen LogP contribution in [0.2, 0.25) is 0 Å². The van der Waals surface area contributed by atoms with Crippen LogP contribution >= 0.6 is 0 Å². The fourth-order valence-corrected chi connectivity index (χ4v) is 4.48. The van der Waals surface area contributed by atoms with Crippen molar-refractivity contribution in [3.05, 3.63) is 57.8 Å². The molecule has 0 bridgehead atoms. The predicted molar refractivity (Wildman–Crippen MR) is 110 cm³/mol. The van der Waals surface area contributed by atoms with E-state index in [1.807, 2.05) is 6.92 Å². The smallest absolute Gasteiger partial charge is 0.383 e. The molecule has 2 aliphatic rings. The molecule has 10 heteroatoms. The minimum Gasteiger partial charge on any atom is -0.383 e. The number of anilines is 1. The summed E-state index contributed by atoms with van der Waals surface area (Å²) >= 11 is 0. The molecule has 0 spiro atoms. The van der Waals surface area contributed by atoms with Gasteiger partial charge in [-0.3, -0.25) is 4.79 Å². The summed E-state index contributed by atoms with van der Waals surface area (Å²) in [5, 5.41) is 0. The number of halogens is 3. The first-order chi connectivity index (χ1) is 15.3. The van der Waals surface area contributed by atoms with E-state index in [2.05, 4.69) is 9.97 Å². The number of nitrogens with zero attached hydrogens (tertiary/aromatic N) is 2. The van der Waals surface area contributed by atoms with E-state index in [0.717, 1.165) is 23.3 Å². The summed E-state index contributed by atoms with van der Waals surface area (Å²) in [5.41, 5.74) is 9.70. The lowest BCUT2D eigenvalue weighted by Gasteiger charge is -2.35. The van der Waals surface area contributed by atoms with Crippen molar-refractivity contribution in [1.29, 1.82) is 0 Å². The number of H-pyrrole nitrogens is 1. The van der Waals surface area contributed by atoms with Gasteiger partial charge >= 0.3 is 6.18 Å². The van der Waals surface area contributed by atoms with E-state index in [-0.39, 0.29) is 19.1 Å². The molecule has 32 heavy (non-hydrogen) atoms. The molecule has 3 N–H and O–H groups in total. The van der Waals surface area contributed by atoms with Gasteiger partial charge in [0.25, 0.3) is 5.91 Å². The van der Waals surface area contributed by atoms with Crippen LogP contribution in [0, 0.1) is 0 Å². The van der Waals surface area contributed by atoms with Crippen molar-refractivity contribution in [1.82, 2.24) is 14.9 Å². The topological polar surface area (TPSA) is 93.5 Å². The third-order valence-corrected chi connectivity index (χ3v) is 6.08. The molecule has 1 atom stereocenters. The maximum absolute atomic E-state index is 13.4. The predicted octanol–water partition coefficient (Wildman–Crippen LogP) is 3.93. The minimum atomic E-state index is -4.44. The van der Waals surface area contributed by atoms with E-state index in [0.29, 0.717) is 53.4 Å². The van der Waals surface area contributed by atoms with Gasteiger partial charge in [-0.2, -0.15) is 13.2 Å². The summed E-state index contributed by atoms with van der Waals surface area (Å²) < 4.78 is 50.4. The van der Waals surface area contributed by atoms with Gasteiger partial charge < -0.3 is 25.1 Å². The summed E-state index contributed by atoms with van der Waals surface area (Å²) in [6, 6.07) is 4.73. The number of carbonyl (C=O) groups excluding carboxylic acids is 1. The number of fused-ring (bicyclic) bond motifs is 4. The highest BCUT2D eigenvalue weighted by molar-refractivity contribution is 5.98. The largest absolute Gasteiger partial charge is 0.416 e. The van der Waals surface area contributed by atoms with Crippen LogP contribution in [0.4, 0.5) is 19.0 Å². The zero-order valence-corrected chi connectivity index (χ0v) is 17.3. The molecule has 0 radical (unpaired) electrons. The summed E-state index contributed by atoms with van der Waals surface area (Å²) in [7, 11) is 0. The van der Waals surface area contributed by atoms with Crippen LogP contribution in [-0.2, 0) is 35.5 Å². The molecule has 168 valence electrons. The van der Waals surface area contributed by atoms with Crippen molar-refractivity contribution in [2.75, 3.05) is 18.9 Å². The summed E-state index contributed by atoms with van der Waals surface area (Å²) in [6.07, 6.45) is -4.44. The standard InChI is InChI=1S/C22H21F3N4O3/c1-2-29(18-10-31-7-11-5-12(22(23,24)25)3-4-13(11)18)21(30)17-6-16-19(27-17)14-8-32-9-15(14)20(26)28-16/h3-6,18,27H,2,7-10H2,1H3,(H2,26,28)/t18-/m1/s1. The zero-order chi connectivity index (χ0) is 22.6. The molecule has 1 amide bonds. The number of aromatic nitrogens is 2. The summed E-state index contributed by atoms with van der Waals surface area (Å²) in [6.45, 7) is 3.20. The van der Waals surface area contributed by atoms with Crippen LogP contribution in [0.1, 0.15) is 51.3 Å². The summed E-state index contributed by atoms with van der Waals surface area (Å²) in [4.78, 5) is 22.6. The quantitative estimate of drug-likeness (QED) is 0.636. The molecule has 0 saturated heterocycles. The highest BCUT2D eigenvalue weighted by Gasteiger charge is 2.35. The van der Waals surface area contributed by atoms with Gasteiger partial charge in [-0.1, -0.05) is 6.07 Å². The molecule has 5 rings (SSSR count). The van der Waals surface area contributed by atoms with E-state index in [4.69, 9.17) is 15.2 Å². The number of ether oxygens (including phenoxy) is 2. The first-order valence-corrected chi connectivity index (χ1v) is 10.2. The SMILES string of the molecule is CCN(C(=O)c1cc2nc(N)c3c(c2[nH]1)COC3)[C@@H]1COCc2cc(C(F)(F)F)ccc21. The Morgan fingerprint density at radius 1 is 1.22 bits per heavy atom. The highest BCUT2D eigenvalue weighted by Crippen LogP contribution is 2.37. The number of aromatic amines is 1. The lowest BCUT2D eigenvalue weighted by Crippen LogP contribution is -2.39. The Balaban J connectivity index is 1.51. The number of nitrogens with two attached hydrogens (primary N) is 1. The number of benzene rings is 1. The molecule has 0 aliphatic carbocycles. The van der Waals surface area contributed by atoms with Crippen molar-refractivity contribution < 1.29 is 27.4 Å². The molecule has 2 aliphatic heterocycles. The van der Waals surface area contributed by atoms with E-state index < -0.39 is 17.8 Å². The number of nitrogens with one attached hydrogen (secondary N) is 1. The Labute approximate surface area is 181 Å². The average Bonchev–Trinajstić information content (AvgIpc) is 3.40. The third kappa shape index (κ3) is 3.30. The normalized spacial score (nSPS) is 17.9. The van der Waals surface area contributed by atoms with Gasteiger partial charge in [-0.05, 0) is 36.2 Å². The monoisotopic (exact) mass is 446 g/mol. The van der Waals surface area contributed by atoms with E-state index >= 15 is 0 Å². The maximum Gasteiger partial charge on any atom is 0.416 e. The lowest BCUT2D eigenvalue weighted by molar-refractivity contribution is -0.137. The number of pyridine rings is 1. The van der Waals surface area contributed by atoms with E-state index in [9.17, 15) is 18.0 Å². The minimum absolute atomic E-state index is 0.0726. The second-order valence-electron chi connectivity index (χ2n) is 7.92. The van der Waals surface area contributed by atoms with Gasteiger partial charge in [0.05, 0.1) is 49.1 Å². The molecule has 0 unspecified atom stereocenters. The van der Waals surface area contributed by atoms with Gasteiger partial charge in [0.1, 0.15) is 11.5 Å². The number of alkyl halides is 3. The van der Waals surface area contributed by atoms with Crippen molar-refractivity contribution in [2.24, 2.45) is 0 Å². The van der Waals surface area contributed by atoms with Gasteiger partial charge in [0, 0.05) is 17.7 Å². The zero-order valence-electron chi connectivity index (χ0n) is 17.3. The Morgan fingerprint density at radius 2 is 2.00 bits per heavy atom. The Morgan fingerprint density at radius 3 is 2.75 bits per heavy atom. The van der Waals surface area contributed by atoms with Crippen molar-refractivity contribution in [3.63, 3.8) is 0 Å². The Hall–Kier alpha value is -3.11. The van der Waals surface area contributed by atoms with Crippen molar-refractivity contribution >= 4 is 22.8 Å². The first-order valence-electron chi connectivity index (χ1n) is 10.2. The van der Waals surface area contributed by atoms with Gasteiger partial charge in [0.15, 0.2) is 0 Å². The molecular weight excluding hydrogens is 425 g/mol. The van der Waals surface area contributed by atoms with Crippen LogP contribution < -0.4 is 5.73 Å². The van der Waals surface area contributed by atoms with Crippen molar-refractivity contribution in [3.8, 4) is 0 Å². The molecule has 1 aromatic carbocycles. The second kappa shape index (κ2) is 7.49. The number of likely N-dealkylation sites (N-methyl/N-ethyl adjacent to an activating group) is 1. The van der Waals surface area contributed by atoms with Gasteiger partial charge in [-0.15, -0.1) is 0 Å². The Kier molecular flexibility index (Phi) is 4.86. The number of amides is 1. The van der Waals surface area contributed by atoms with Crippen LogP contribution in [0.25, 0.3) is 11.0 Å². The molecule has 3 aromatic rings. The van der Waals surface area contributed by atoms with Crippen LogP contribution in [0.3, 0.4) is 0 Å². The molecule has 0 saturated carbocycles. The summed E-state index contributed by atoms with van der Waals surface area (Å²) in [5.74, 6) is 0.0866. The van der Waals surface area contributed by atoms with Crippen LogP contribution in [-0.4, -0.2) is 33.9 Å². The molecule has 0 fully saturated rings. The number of nitrogen functional groups attached to an aromatic ring is 1. The highest BCUT2D eigenvalue weighted by atomic mass is 19.4. The molecule has 7 nitrogen and oxygen atoms in total. The number of carbonyl (C=O) groups is 1. The number of rotatable bonds is 3. The van der Waals surface area contributed by atoms with Crippen molar-refractivity contribution in [2.45, 2.75) is 39.0 Å². The van der Waals surface area contributed by atoms with Gasteiger partial charge in [-0.25, -0.2) is 4.98 Å². The molecular formula is C22H21F3N4O3. The fourth-order valence-electron chi connectivity index (χ4n) is 4.48. The van der Waals surface area contributed by atoms with Crippen LogP contribution in [0.15, 0.2) is 24.3 Å². The number of hydrogen-bond donors (Lipinski definition) is 2. The third-order valence-electron chi connectivity index (χ3n) is 6.08. The van der Waals surface area contributed by atoms with Crippen LogP contribution in [0.5, 0.6) is 0 Å². The first kappa shape index (κ1) is 20.8.